The third kappa shape index (κ3) is 6.16. The number of nitrogens with two attached hydrogens (primary N) is 1. The number of alkyl halides is 3. The molecule has 2 N–H and O–H groups in total. The minimum atomic E-state index is -4.74. The average Bonchev–Trinajstić information content (AvgIpc) is 2.31. The molecule has 130 valence electrons. The summed E-state index contributed by atoms with van der Waals surface area (Å²) in [5, 5.41) is 0. The van der Waals surface area contributed by atoms with E-state index in [0.29, 0.717) is 18.8 Å². The molecule has 0 bridgehead atoms. The third-order valence-corrected chi connectivity index (χ3v) is 3.09. The van der Waals surface area contributed by atoms with Gasteiger partial charge in [0.05, 0.1) is 11.4 Å². The number of likely N-dealkylation sites (N-methyl/N-ethyl adjacent to an activating group) is 1. The van der Waals surface area contributed by atoms with E-state index in [2.05, 4.69) is 9.64 Å². The first-order chi connectivity index (χ1) is 8.87. The van der Waals surface area contributed by atoms with Crippen LogP contribution >= 0.6 is 37.2 Å². The molecule has 0 unspecified atom stereocenters. The van der Waals surface area contributed by atoms with E-state index in [-0.39, 0.29) is 48.7 Å². The molecule has 1 heterocycles. The largest absolute Gasteiger partial charge is 0.573 e. The summed E-state index contributed by atoms with van der Waals surface area (Å²) in [4.78, 5) is 3.98. The van der Waals surface area contributed by atoms with Gasteiger partial charge in [-0.1, -0.05) is 6.07 Å². The van der Waals surface area contributed by atoms with Gasteiger partial charge in [0.15, 0.2) is 5.75 Å². The van der Waals surface area contributed by atoms with Crippen molar-refractivity contribution in [3.63, 3.8) is 0 Å². The van der Waals surface area contributed by atoms with Crippen LogP contribution in [-0.2, 0) is 0 Å². The fourth-order valence-corrected chi connectivity index (χ4v) is 2.07. The van der Waals surface area contributed by atoms with Crippen LogP contribution in [0.4, 0.5) is 24.5 Å². The summed E-state index contributed by atoms with van der Waals surface area (Å²) in [5.74, 6) is -0.306. The van der Waals surface area contributed by atoms with E-state index in [1.165, 1.54) is 6.07 Å². The molecule has 1 aromatic rings. The molecule has 1 saturated heterocycles. The van der Waals surface area contributed by atoms with Gasteiger partial charge in [-0.15, -0.1) is 50.4 Å². The fraction of sp³-hybridized carbons (Fsp3) is 0.500. The molecule has 0 atom stereocenters. The third-order valence-electron chi connectivity index (χ3n) is 3.09. The zero-order valence-electron chi connectivity index (χ0n) is 11.8. The van der Waals surface area contributed by atoms with E-state index in [1.54, 1.807) is 12.1 Å². The monoisotopic (exact) mass is 383 g/mol. The van der Waals surface area contributed by atoms with Gasteiger partial charge < -0.3 is 20.3 Å². The van der Waals surface area contributed by atoms with Crippen LogP contribution in [0.3, 0.4) is 0 Å². The van der Waals surface area contributed by atoms with E-state index in [1.807, 2.05) is 11.9 Å². The Morgan fingerprint density at radius 1 is 1.05 bits per heavy atom. The lowest BCUT2D eigenvalue weighted by atomic mass is 10.2. The van der Waals surface area contributed by atoms with Crippen molar-refractivity contribution in [3.8, 4) is 5.75 Å². The van der Waals surface area contributed by atoms with Gasteiger partial charge in [0.25, 0.3) is 0 Å². The van der Waals surface area contributed by atoms with Crippen LogP contribution in [0.1, 0.15) is 0 Å². The van der Waals surface area contributed by atoms with Crippen molar-refractivity contribution in [3.05, 3.63) is 18.2 Å². The SMILES string of the molecule is CN1CCN(c2cccc(N)c2OC(F)(F)F)CC1.Cl.Cl.Cl. The van der Waals surface area contributed by atoms with Crippen molar-refractivity contribution in [1.82, 2.24) is 4.90 Å². The summed E-state index contributed by atoms with van der Waals surface area (Å²) in [6.07, 6.45) is -4.74. The molecule has 0 aromatic heterocycles. The van der Waals surface area contributed by atoms with Gasteiger partial charge in [-0.25, -0.2) is 0 Å². The zero-order valence-corrected chi connectivity index (χ0v) is 14.2. The summed E-state index contributed by atoms with van der Waals surface area (Å²) >= 11 is 0. The molecule has 1 aliphatic heterocycles. The van der Waals surface area contributed by atoms with Gasteiger partial charge >= 0.3 is 6.36 Å². The van der Waals surface area contributed by atoms with Crippen molar-refractivity contribution in [1.29, 1.82) is 0 Å². The van der Waals surface area contributed by atoms with Crippen LogP contribution in [-0.4, -0.2) is 44.5 Å². The Kier molecular flexibility index (Phi) is 10.0. The minimum Gasteiger partial charge on any atom is -0.401 e. The first kappa shape index (κ1) is 23.5. The Hall–Kier alpha value is -0.760. The quantitative estimate of drug-likeness (QED) is 0.795. The van der Waals surface area contributed by atoms with Crippen LogP contribution in [0.15, 0.2) is 18.2 Å². The van der Waals surface area contributed by atoms with E-state index in [0.717, 1.165) is 13.1 Å². The number of anilines is 2. The van der Waals surface area contributed by atoms with E-state index in [9.17, 15) is 13.2 Å². The standard InChI is InChI=1S/C12H16F3N3O.3ClH/c1-17-5-7-18(8-6-17)10-4-2-3-9(16)11(10)19-12(13,14)15;;;/h2-4H,5-8,16H2,1H3;3*1H. The lowest BCUT2D eigenvalue weighted by Gasteiger charge is -2.35. The number of ether oxygens (including phenoxy) is 1. The number of benzene rings is 1. The lowest BCUT2D eigenvalue weighted by molar-refractivity contribution is -0.274. The molecular weight excluding hydrogens is 366 g/mol. The maximum absolute atomic E-state index is 12.4. The fourth-order valence-electron chi connectivity index (χ4n) is 2.07. The number of hydrogen-bond acceptors (Lipinski definition) is 4. The Balaban J connectivity index is 0. The second-order valence-corrected chi connectivity index (χ2v) is 4.53. The summed E-state index contributed by atoms with van der Waals surface area (Å²) in [7, 11) is 1.98. The topological polar surface area (TPSA) is 41.7 Å². The molecule has 1 aliphatic rings. The van der Waals surface area contributed by atoms with Crippen molar-refractivity contribution in [2.24, 2.45) is 0 Å². The number of piperazine rings is 1. The normalized spacial score (nSPS) is 15.2. The van der Waals surface area contributed by atoms with Crippen LogP contribution in [0.25, 0.3) is 0 Å². The van der Waals surface area contributed by atoms with Crippen LogP contribution in [0, 0.1) is 0 Å². The van der Waals surface area contributed by atoms with Gasteiger partial charge in [-0.05, 0) is 19.2 Å². The Morgan fingerprint density at radius 3 is 2.09 bits per heavy atom. The first-order valence-electron chi connectivity index (χ1n) is 5.94. The molecule has 10 heteroatoms. The Morgan fingerprint density at radius 2 is 1.59 bits per heavy atom. The minimum absolute atomic E-state index is 0. The number of nitrogen functional groups attached to an aromatic ring is 1. The number of nitrogens with zero attached hydrogens (tertiary/aromatic N) is 2. The van der Waals surface area contributed by atoms with Crippen molar-refractivity contribution < 1.29 is 17.9 Å². The summed E-state index contributed by atoms with van der Waals surface area (Å²) in [5.41, 5.74) is 5.99. The van der Waals surface area contributed by atoms with E-state index >= 15 is 0 Å². The molecule has 1 fully saturated rings. The highest BCUT2D eigenvalue weighted by atomic mass is 35.5. The van der Waals surface area contributed by atoms with Crippen LogP contribution in [0.2, 0.25) is 0 Å². The van der Waals surface area contributed by atoms with Crippen LogP contribution < -0.4 is 15.4 Å². The van der Waals surface area contributed by atoms with Crippen molar-refractivity contribution >= 4 is 48.6 Å². The molecular formula is C12H19Cl3F3N3O. The molecule has 0 amide bonds. The first-order valence-corrected chi connectivity index (χ1v) is 5.94. The molecule has 0 aliphatic carbocycles. The highest BCUT2D eigenvalue weighted by Crippen LogP contribution is 2.38. The maximum atomic E-state index is 12.4. The van der Waals surface area contributed by atoms with Gasteiger partial charge in [-0.2, -0.15) is 0 Å². The summed E-state index contributed by atoms with van der Waals surface area (Å²) in [6, 6.07) is 4.63. The predicted molar refractivity (Wildman–Crippen MR) is 89.0 cm³/mol. The molecule has 4 nitrogen and oxygen atoms in total. The maximum Gasteiger partial charge on any atom is 0.573 e. The van der Waals surface area contributed by atoms with Gasteiger partial charge in [0, 0.05) is 26.2 Å². The molecule has 0 saturated carbocycles. The number of halogens is 6. The number of rotatable bonds is 2. The second kappa shape index (κ2) is 9.39. The molecule has 0 spiro atoms. The highest BCUT2D eigenvalue weighted by molar-refractivity contribution is 5.86. The summed E-state index contributed by atoms with van der Waals surface area (Å²) < 4.78 is 41.3. The summed E-state index contributed by atoms with van der Waals surface area (Å²) in [6.45, 7) is 2.88. The van der Waals surface area contributed by atoms with E-state index < -0.39 is 6.36 Å². The average molecular weight is 385 g/mol. The highest BCUT2D eigenvalue weighted by Gasteiger charge is 2.34. The van der Waals surface area contributed by atoms with Gasteiger partial charge in [0.1, 0.15) is 0 Å². The number of hydrogen-bond donors (Lipinski definition) is 1. The van der Waals surface area contributed by atoms with Crippen molar-refractivity contribution in [2.75, 3.05) is 43.9 Å². The molecule has 1 aromatic carbocycles. The lowest BCUT2D eigenvalue weighted by Crippen LogP contribution is -2.44. The predicted octanol–water partition coefficient (Wildman–Crippen LogP) is 3.18. The number of para-hydroxylation sites is 1. The van der Waals surface area contributed by atoms with Gasteiger partial charge in [0.2, 0.25) is 0 Å². The smallest absolute Gasteiger partial charge is 0.401 e. The molecule has 2 rings (SSSR count). The van der Waals surface area contributed by atoms with Crippen molar-refractivity contribution in [2.45, 2.75) is 6.36 Å². The molecule has 22 heavy (non-hydrogen) atoms. The Labute approximate surface area is 146 Å². The van der Waals surface area contributed by atoms with Crippen LogP contribution in [0.5, 0.6) is 5.75 Å². The second-order valence-electron chi connectivity index (χ2n) is 4.53. The van der Waals surface area contributed by atoms with Gasteiger partial charge in [-0.3, -0.25) is 0 Å². The Bertz CT molecular complexity index is 455. The zero-order chi connectivity index (χ0) is 14.0. The van der Waals surface area contributed by atoms with E-state index in [4.69, 9.17) is 5.73 Å². The molecule has 0 radical (unpaired) electrons.